The van der Waals surface area contributed by atoms with Gasteiger partial charge in [-0.2, -0.15) is 0 Å². The molecule has 1 N–H and O–H groups in total. The molecule has 1 aromatic carbocycles. The number of rotatable bonds is 2. The maximum absolute atomic E-state index is 12.1. The molecule has 1 saturated carbocycles. The summed E-state index contributed by atoms with van der Waals surface area (Å²) < 4.78 is 5.36. The molecule has 3 unspecified atom stereocenters. The zero-order valence-corrected chi connectivity index (χ0v) is 15.7. The molecule has 3 atom stereocenters. The Labute approximate surface area is 150 Å². The zero-order valence-electron chi connectivity index (χ0n) is 15.7. The fraction of sp³-hybridized carbons (Fsp3) is 0.619. The summed E-state index contributed by atoms with van der Waals surface area (Å²) in [5, 5.41) is 2.86. The number of carbonyl (C=O) groups excluding carboxylic acids is 2. The van der Waals surface area contributed by atoms with Gasteiger partial charge < -0.3 is 9.53 Å². The monoisotopic (exact) mass is 343 g/mol. The molecule has 2 aliphatic rings. The molecule has 0 aliphatic heterocycles. The number of aryl methyl sites for hydroxylation is 1. The molecule has 0 spiro atoms. The first-order valence-corrected chi connectivity index (χ1v) is 9.32. The number of anilines is 1. The molecular formula is C21H29NO3. The topological polar surface area (TPSA) is 55.4 Å². The summed E-state index contributed by atoms with van der Waals surface area (Å²) in [6.45, 7) is 7.86. The summed E-state index contributed by atoms with van der Waals surface area (Å²) in [7, 11) is 0. The molecular weight excluding hydrogens is 314 g/mol. The van der Waals surface area contributed by atoms with Crippen molar-refractivity contribution in [3.05, 3.63) is 29.3 Å². The van der Waals surface area contributed by atoms with E-state index in [-0.39, 0.29) is 11.3 Å². The van der Waals surface area contributed by atoms with Crippen LogP contribution in [-0.4, -0.2) is 18.0 Å². The summed E-state index contributed by atoms with van der Waals surface area (Å²) in [5.41, 5.74) is 2.91. The van der Waals surface area contributed by atoms with Crippen molar-refractivity contribution in [2.75, 3.05) is 5.32 Å². The number of carbonyl (C=O) groups is 2. The minimum Gasteiger partial charge on any atom is -0.444 e. The van der Waals surface area contributed by atoms with E-state index in [1.165, 1.54) is 11.1 Å². The van der Waals surface area contributed by atoms with E-state index >= 15 is 0 Å². The Morgan fingerprint density at radius 3 is 2.76 bits per heavy atom. The van der Waals surface area contributed by atoms with E-state index in [1.54, 1.807) is 0 Å². The van der Waals surface area contributed by atoms with Crippen LogP contribution in [0.3, 0.4) is 0 Å². The highest BCUT2D eigenvalue weighted by Gasteiger charge is 2.46. The van der Waals surface area contributed by atoms with Gasteiger partial charge in [-0.15, -0.1) is 0 Å². The van der Waals surface area contributed by atoms with Gasteiger partial charge >= 0.3 is 6.09 Å². The number of hydrogen-bond acceptors (Lipinski definition) is 3. The van der Waals surface area contributed by atoms with Gasteiger partial charge in [0.25, 0.3) is 0 Å². The van der Waals surface area contributed by atoms with E-state index in [2.05, 4.69) is 24.4 Å². The molecule has 2 aliphatic carbocycles. The highest BCUT2D eigenvalue weighted by atomic mass is 16.6. The summed E-state index contributed by atoms with van der Waals surface area (Å²) >= 11 is 0. The normalized spacial score (nSPS) is 28.5. The Balaban J connectivity index is 1.87. The van der Waals surface area contributed by atoms with Crippen molar-refractivity contribution in [2.45, 2.75) is 70.8 Å². The average molecular weight is 343 g/mol. The molecule has 0 radical (unpaired) electrons. The van der Waals surface area contributed by atoms with Crippen LogP contribution in [0.15, 0.2) is 18.2 Å². The molecule has 0 heterocycles. The van der Waals surface area contributed by atoms with Crippen LogP contribution in [0.2, 0.25) is 0 Å². The lowest BCUT2D eigenvalue weighted by atomic mass is 9.55. The van der Waals surface area contributed by atoms with Gasteiger partial charge in [0, 0.05) is 11.6 Å². The molecule has 4 heteroatoms. The minimum atomic E-state index is -0.518. The van der Waals surface area contributed by atoms with Crippen molar-refractivity contribution in [3.8, 4) is 0 Å². The Hall–Kier alpha value is -1.84. The highest BCUT2D eigenvalue weighted by molar-refractivity contribution is 5.85. The highest BCUT2D eigenvalue weighted by Crippen LogP contribution is 2.52. The Bertz CT molecular complexity index is 676. The van der Waals surface area contributed by atoms with Crippen LogP contribution in [0.4, 0.5) is 10.5 Å². The fourth-order valence-corrected chi connectivity index (χ4v) is 4.73. The maximum atomic E-state index is 12.1. The van der Waals surface area contributed by atoms with Gasteiger partial charge in [0.05, 0.1) is 0 Å². The maximum Gasteiger partial charge on any atom is 0.412 e. The number of ether oxygens (including phenoxy) is 1. The van der Waals surface area contributed by atoms with Gasteiger partial charge in [0.2, 0.25) is 0 Å². The van der Waals surface area contributed by atoms with Gasteiger partial charge in [-0.3, -0.25) is 5.32 Å². The molecule has 1 fully saturated rings. The van der Waals surface area contributed by atoms with E-state index < -0.39 is 11.7 Å². The largest absolute Gasteiger partial charge is 0.444 e. The second kappa shape index (κ2) is 6.47. The standard InChI is InChI=1S/C21H29NO3/c1-20(2,3)25-19(24)22-16-9-7-14-8-10-17-15(13-23)6-5-11-21(17,4)18(14)12-16/h7,9,12-13,15,17H,5-6,8,10-11H2,1-4H3,(H,22,24). The molecule has 0 saturated heterocycles. The first-order chi connectivity index (χ1) is 11.7. The van der Waals surface area contributed by atoms with Crippen molar-refractivity contribution in [1.82, 2.24) is 0 Å². The SMILES string of the molecule is CC(C)(C)OC(=O)Nc1ccc2c(c1)C1(C)CCCC(C=O)C1CC2. The van der Waals surface area contributed by atoms with Crippen LogP contribution in [0, 0.1) is 11.8 Å². The van der Waals surface area contributed by atoms with Crippen LogP contribution >= 0.6 is 0 Å². The summed E-state index contributed by atoms with van der Waals surface area (Å²) in [5.74, 6) is 0.567. The van der Waals surface area contributed by atoms with E-state index in [4.69, 9.17) is 4.74 Å². The van der Waals surface area contributed by atoms with Crippen molar-refractivity contribution >= 4 is 18.1 Å². The third-order valence-corrected chi connectivity index (χ3v) is 5.84. The fourth-order valence-electron chi connectivity index (χ4n) is 4.73. The summed E-state index contributed by atoms with van der Waals surface area (Å²) in [4.78, 5) is 23.6. The summed E-state index contributed by atoms with van der Waals surface area (Å²) in [6, 6.07) is 6.17. The molecule has 1 aromatic rings. The second-order valence-corrected chi connectivity index (χ2v) is 8.75. The van der Waals surface area contributed by atoms with Crippen LogP contribution in [0.25, 0.3) is 0 Å². The molecule has 0 aromatic heterocycles. The number of hydrogen-bond donors (Lipinski definition) is 1. The second-order valence-electron chi connectivity index (χ2n) is 8.75. The predicted octanol–water partition coefficient (Wildman–Crippen LogP) is 4.85. The van der Waals surface area contributed by atoms with Crippen molar-refractivity contribution in [1.29, 1.82) is 0 Å². The molecule has 3 rings (SSSR count). The number of benzene rings is 1. The lowest BCUT2D eigenvalue weighted by molar-refractivity contribution is -0.115. The van der Waals surface area contributed by atoms with Crippen LogP contribution in [0.1, 0.15) is 64.5 Å². The van der Waals surface area contributed by atoms with Crippen molar-refractivity contribution in [2.24, 2.45) is 11.8 Å². The average Bonchev–Trinajstić information content (AvgIpc) is 2.52. The quantitative estimate of drug-likeness (QED) is 0.781. The first-order valence-electron chi connectivity index (χ1n) is 9.32. The Morgan fingerprint density at radius 1 is 1.32 bits per heavy atom. The molecule has 25 heavy (non-hydrogen) atoms. The lowest BCUT2D eigenvalue weighted by Crippen LogP contribution is -2.44. The lowest BCUT2D eigenvalue weighted by Gasteiger charge is -2.49. The van der Waals surface area contributed by atoms with E-state index in [0.717, 1.165) is 44.1 Å². The van der Waals surface area contributed by atoms with Crippen LogP contribution < -0.4 is 5.32 Å². The number of amides is 1. The van der Waals surface area contributed by atoms with Gasteiger partial charge in [-0.25, -0.2) is 4.79 Å². The van der Waals surface area contributed by atoms with Crippen molar-refractivity contribution in [3.63, 3.8) is 0 Å². The smallest absolute Gasteiger partial charge is 0.412 e. The van der Waals surface area contributed by atoms with E-state index in [1.807, 2.05) is 26.8 Å². The van der Waals surface area contributed by atoms with E-state index in [0.29, 0.717) is 5.92 Å². The van der Waals surface area contributed by atoms with E-state index in [9.17, 15) is 9.59 Å². The third-order valence-electron chi connectivity index (χ3n) is 5.84. The van der Waals surface area contributed by atoms with Gasteiger partial charge in [-0.1, -0.05) is 19.4 Å². The molecule has 136 valence electrons. The zero-order chi connectivity index (χ0) is 18.2. The van der Waals surface area contributed by atoms with Crippen LogP contribution in [0.5, 0.6) is 0 Å². The van der Waals surface area contributed by atoms with Gasteiger partial charge in [0.15, 0.2) is 0 Å². The summed E-state index contributed by atoms with van der Waals surface area (Å²) in [6.07, 6.45) is 6.01. The number of aldehydes is 1. The minimum absolute atomic E-state index is 0.0169. The van der Waals surface area contributed by atoms with Gasteiger partial charge in [-0.05, 0) is 81.0 Å². The van der Waals surface area contributed by atoms with Gasteiger partial charge in [0.1, 0.15) is 11.9 Å². The predicted molar refractivity (Wildman–Crippen MR) is 98.9 cm³/mol. The third kappa shape index (κ3) is 3.58. The Morgan fingerprint density at radius 2 is 2.08 bits per heavy atom. The van der Waals surface area contributed by atoms with Crippen LogP contribution in [-0.2, 0) is 21.4 Å². The Kier molecular flexibility index (Phi) is 4.65. The molecule has 0 bridgehead atoms. The van der Waals surface area contributed by atoms with Crippen molar-refractivity contribution < 1.29 is 14.3 Å². The first kappa shape index (κ1) is 18.0. The molecule has 4 nitrogen and oxygen atoms in total. The number of fused-ring (bicyclic) bond motifs is 3. The number of nitrogens with one attached hydrogen (secondary N) is 1. The molecule has 1 amide bonds.